The number of carbonyl (C=O) groups is 4. The van der Waals surface area contributed by atoms with Crippen LogP contribution in [0.3, 0.4) is 0 Å². The van der Waals surface area contributed by atoms with E-state index in [-0.39, 0.29) is 25.5 Å². The van der Waals surface area contributed by atoms with E-state index in [1.54, 1.807) is 24.3 Å². The number of hydrogen-bond acceptors (Lipinski definition) is 6. The Bertz CT molecular complexity index is 1230. The molecule has 3 rings (SSSR count). The molecule has 1 fully saturated rings. The lowest BCUT2D eigenvalue weighted by atomic mass is 9.67. The van der Waals surface area contributed by atoms with Crippen molar-refractivity contribution in [1.29, 1.82) is 0 Å². The quantitative estimate of drug-likeness (QED) is 0.139. The molecule has 1 aliphatic rings. The summed E-state index contributed by atoms with van der Waals surface area (Å²) in [6.07, 6.45) is -2.20. The number of carbonyl (C=O) groups excluding carboxylic acids is 3. The van der Waals surface area contributed by atoms with E-state index >= 15 is 0 Å². The molecule has 2 aromatic rings. The molecule has 0 radical (unpaired) electrons. The van der Waals surface area contributed by atoms with Crippen LogP contribution in [0.5, 0.6) is 5.75 Å². The van der Waals surface area contributed by atoms with Crippen LogP contribution in [0.15, 0.2) is 36.4 Å². The van der Waals surface area contributed by atoms with E-state index in [1.165, 1.54) is 0 Å². The Morgan fingerprint density at radius 2 is 1.57 bits per heavy atom. The molecule has 2 unspecified atom stereocenters. The molecule has 0 bridgehead atoms. The molecule has 14 heteroatoms. The summed E-state index contributed by atoms with van der Waals surface area (Å²) in [7, 11) is 0. The number of amides is 3. The zero-order valence-corrected chi connectivity index (χ0v) is 21.0. The van der Waals surface area contributed by atoms with Crippen LogP contribution in [0.25, 0.3) is 0 Å². The molecule has 2 aromatic carbocycles. The van der Waals surface area contributed by atoms with Crippen LogP contribution in [-0.2, 0) is 25.7 Å². The van der Waals surface area contributed by atoms with Crippen LogP contribution in [-0.4, -0.2) is 59.2 Å². The summed E-state index contributed by atoms with van der Waals surface area (Å²) in [4.78, 5) is 49.4. The fourth-order valence-electron chi connectivity index (χ4n) is 4.02. The molecular weight excluding hydrogens is 542 g/mol. The topological polar surface area (TPSA) is 154 Å². The summed E-state index contributed by atoms with van der Waals surface area (Å²) in [6, 6.07) is 7.33. The summed E-state index contributed by atoms with van der Waals surface area (Å²) in [6.45, 7) is -1.28. The number of ether oxygens (including phenoxy) is 1. The monoisotopic (exact) mass is 569 g/mol. The second-order valence-electron chi connectivity index (χ2n) is 9.23. The number of rotatable bonds is 13. The molecule has 40 heavy (non-hydrogen) atoms. The molecule has 3 amide bonds. The summed E-state index contributed by atoms with van der Waals surface area (Å²) >= 11 is 0. The Morgan fingerprint density at radius 3 is 2.12 bits per heavy atom. The third kappa shape index (κ3) is 7.25. The SMILES string of the molecule is O=C(O)CC(NC(=O)C1(C(=O)NCC(=O)NCc2ccccc2)CCC1)C(O)COc1c(F)c(F)cc(F)c1F. The highest BCUT2D eigenvalue weighted by Gasteiger charge is 2.51. The number of hydrogen-bond donors (Lipinski definition) is 5. The summed E-state index contributed by atoms with van der Waals surface area (Å²) < 4.78 is 59.2. The van der Waals surface area contributed by atoms with Gasteiger partial charge in [-0.25, -0.2) is 8.78 Å². The Balaban J connectivity index is 1.61. The molecule has 2 atom stereocenters. The molecule has 1 saturated carbocycles. The first-order chi connectivity index (χ1) is 18.9. The molecule has 0 aromatic heterocycles. The Hall–Kier alpha value is -4.20. The number of nitrogens with one attached hydrogen (secondary N) is 3. The van der Waals surface area contributed by atoms with Crippen LogP contribution >= 0.6 is 0 Å². The number of aliphatic carboxylic acids is 1. The van der Waals surface area contributed by atoms with Gasteiger partial charge in [-0.2, -0.15) is 8.78 Å². The van der Waals surface area contributed by atoms with Gasteiger partial charge in [0, 0.05) is 12.6 Å². The maximum atomic E-state index is 13.9. The highest BCUT2D eigenvalue weighted by molar-refractivity contribution is 6.06. The van der Waals surface area contributed by atoms with Crippen molar-refractivity contribution in [2.45, 2.75) is 44.4 Å². The normalized spacial score (nSPS) is 15.2. The summed E-state index contributed by atoms with van der Waals surface area (Å²) in [5, 5.41) is 26.9. The predicted molar refractivity (Wildman–Crippen MR) is 130 cm³/mol. The Kier molecular flexibility index (Phi) is 10.0. The standard InChI is InChI=1S/C26H27F4N3O7/c27-15-9-16(28)22(30)23(21(15)29)40-13-18(34)17(10-20(36)37)33-25(39)26(7-4-8-26)24(38)32-12-19(35)31-11-14-5-2-1-3-6-14/h1-3,5-6,9,17-18,34H,4,7-8,10-13H2,(H,31,35)(H,32,38)(H,33,39)(H,36,37). The third-order valence-electron chi connectivity index (χ3n) is 6.46. The number of aliphatic hydroxyl groups is 1. The van der Waals surface area contributed by atoms with Crippen LogP contribution in [0.4, 0.5) is 17.6 Å². The highest BCUT2D eigenvalue weighted by atomic mass is 19.2. The summed E-state index contributed by atoms with van der Waals surface area (Å²) in [5.74, 6) is -12.5. The van der Waals surface area contributed by atoms with Crippen molar-refractivity contribution < 1.29 is 51.7 Å². The number of aliphatic hydroxyl groups excluding tert-OH is 1. The van der Waals surface area contributed by atoms with E-state index < -0.39 is 89.8 Å². The average Bonchev–Trinajstić information content (AvgIpc) is 2.88. The van der Waals surface area contributed by atoms with Crippen LogP contribution in [0, 0.1) is 28.7 Å². The second kappa shape index (κ2) is 13.2. The van der Waals surface area contributed by atoms with Crippen molar-refractivity contribution in [3.63, 3.8) is 0 Å². The minimum atomic E-state index is -1.92. The molecule has 0 aliphatic heterocycles. The van der Waals surface area contributed by atoms with Gasteiger partial charge in [-0.1, -0.05) is 36.8 Å². The molecule has 1 aliphatic carbocycles. The molecule has 10 nitrogen and oxygen atoms in total. The first kappa shape index (κ1) is 30.3. The maximum Gasteiger partial charge on any atom is 0.305 e. The van der Waals surface area contributed by atoms with Crippen LogP contribution in [0.1, 0.15) is 31.2 Å². The maximum absolute atomic E-state index is 13.9. The van der Waals surface area contributed by atoms with Gasteiger partial charge in [-0.05, 0) is 18.4 Å². The van der Waals surface area contributed by atoms with Gasteiger partial charge in [0.05, 0.1) is 19.0 Å². The minimum Gasteiger partial charge on any atom is -0.485 e. The van der Waals surface area contributed by atoms with Crippen LogP contribution in [0.2, 0.25) is 0 Å². The lowest BCUT2D eigenvalue weighted by Crippen LogP contribution is -2.59. The number of halogens is 4. The van der Waals surface area contributed by atoms with E-state index in [4.69, 9.17) is 0 Å². The van der Waals surface area contributed by atoms with Crippen molar-refractivity contribution in [1.82, 2.24) is 16.0 Å². The first-order valence-corrected chi connectivity index (χ1v) is 12.2. The van der Waals surface area contributed by atoms with Crippen LogP contribution < -0.4 is 20.7 Å². The number of carboxylic acids is 1. The van der Waals surface area contributed by atoms with Gasteiger partial charge in [0.1, 0.15) is 18.1 Å². The van der Waals surface area contributed by atoms with Crippen molar-refractivity contribution >= 4 is 23.7 Å². The van der Waals surface area contributed by atoms with Gasteiger partial charge in [-0.15, -0.1) is 0 Å². The largest absolute Gasteiger partial charge is 0.485 e. The number of benzene rings is 2. The molecule has 0 saturated heterocycles. The van der Waals surface area contributed by atoms with Gasteiger partial charge in [0.25, 0.3) is 0 Å². The zero-order chi connectivity index (χ0) is 29.4. The molecule has 216 valence electrons. The van der Waals surface area contributed by atoms with Crippen molar-refractivity contribution in [2.24, 2.45) is 5.41 Å². The lowest BCUT2D eigenvalue weighted by Gasteiger charge is -2.39. The fourth-order valence-corrected chi connectivity index (χ4v) is 4.02. The second-order valence-corrected chi connectivity index (χ2v) is 9.23. The van der Waals surface area contributed by atoms with Gasteiger partial charge >= 0.3 is 5.97 Å². The van der Waals surface area contributed by atoms with E-state index in [9.17, 15) is 47.0 Å². The smallest absolute Gasteiger partial charge is 0.305 e. The van der Waals surface area contributed by atoms with E-state index in [0.29, 0.717) is 6.42 Å². The average molecular weight is 570 g/mol. The van der Waals surface area contributed by atoms with Gasteiger partial charge < -0.3 is 30.9 Å². The van der Waals surface area contributed by atoms with Gasteiger partial charge in [0.2, 0.25) is 29.4 Å². The van der Waals surface area contributed by atoms with E-state index in [2.05, 4.69) is 20.7 Å². The summed E-state index contributed by atoms with van der Waals surface area (Å²) in [5.41, 5.74) is -0.821. The molecule has 0 heterocycles. The third-order valence-corrected chi connectivity index (χ3v) is 6.46. The minimum absolute atomic E-state index is 0.0442. The van der Waals surface area contributed by atoms with Crippen molar-refractivity contribution in [2.75, 3.05) is 13.2 Å². The van der Waals surface area contributed by atoms with Crippen molar-refractivity contribution in [3.05, 3.63) is 65.2 Å². The van der Waals surface area contributed by atoms with Gasteiger partial charge in [-0.3, -0.25) is 19.2 Å². The number of carboxylic acid groups (broad SMARTS) is 1. The Labute approximate surface area is 225 Å². The molecule has 5 N–H and O–H groups in total. The first-order valence-electron chi connectivity index (χ1n) is 12.2. The zero-order valence-electron chi connectivity index (χ0n) is 21.0. The molecular formula is C26H27F4N3O7. The van der Waals surface area contributed by atoms with E-state index in [0.717, 1.165) is 5.56 Å². The predicted octanol–water partition coefficient (Wildman–Crippen LogP) is 1.55. The van der Waals surface area contributed by atoms with E-state index in [1.807, 2.05) is 6.07 Å². The van der Waals surface area contributed by atoms with Crippen molar-refractivity contribution in [3.8, 4) is 5.75 Å². The molecule has 0 spiro atoms. The Morgan fingerprint density at radius 1 is 0.950 bits per heavy atom. The van der Waals surface area contributed by atoms with Gasteiger partial charge in [0.15, 0.2) is 17.4 Å². The highest BCUT2D eigenvalue weighted by Crippen LogP contribution is 2.41. The lowest BCUT2D eigenvalue weighted by molar-refractivity contribution is -0.151. The fraction of sp³-hybridized carbons (Fsp3) is 0.385.